The van der Waals surface area contributed by atoms with Crippen molar-refractivity contribution >= 4 is 23.3 Å². The quantitative estimate of drug-likeness (QED) is 0.874. The number of aryl methyl sites for hydroxylation is 1. The van der Waals surface area contributed by atoms with Crippen molar-refractivity contribution in [2.24, 2.45) is 0 Å². The summed E-state index contributed by atoms with van der Waals surface area (Å²) >= 11 is 6.16. The van der Waals surface area contributed by atoms with E-state index < -0.39 is 0 Å². The van der Waals surface area contributed by atoms with Crippen LogP contribution in [0.4, 0.5) is 14.9 Å². The maximum atomic E-state index is 13.0. The predicted molar refractivity (Wildman–Crippen MR) is 91.9 cm³/mol. The first-order chi connectivity index (χ1) is 11.5. The minimum absolute atomic E-state index is 0.221. The third-order valence-corrected chi connectivity index (χ3v) is 4.36. The summed E-state index contributed by atoms with van der Waals surface area (Å²) in [5, 5.41) is 3.38. The van der Waals surface area contributed by atoms with Crippen LogP contribution in [0, 0.1) is 12.7 Å². The molecule has 2 amide bonds. The molecule has 0 bridgehead atoms. The van der Waals surface area contributed by atoms with Crippen LogP contribution in [-0.2, 0) is 4.74 Å². The van der Waals surface area contributed by atoms with Gasteiger partial charge in [-0.15, -0.1) is 0 Å². The minimum Gasteiger partial charge on any atom is -0.370 e. The van der Waals surface area contributed by atoms with Gasteiger partial charge in [-0.05, 0) is 36.2 Å². The van der Waals surface area contributed by atoms with Gasteiger partial charge >= 0.3 is 6.03 Å². The molecule has 1 unspecified atom stereocenters. The lowest BCUT2D eigenvalue weighted by atomic mass is 10.1. The Morgan fingerprint density at radius 2 is 2.04 bits per heavy atom. The smallest absolute Gasteiger partial charge is 0.322 e. The molecular formula is C18H18ClFN2O2. The number of urea groups is 1. The normalized spacial score (nSPS) is 17.6. The number of ether oxygens (including phenoxy) is 1. The number of hydrogen-bond acceptors (Lipinski definition) is 2. The molecule has 6 heteroatoms. The van der Waals surface area contributed by atoms with Gasteiger partial charge in [-0.25, -0.2) is 9.18 Å². The van der Waals surface area contributed by atoms with Crippen molar-refractivity contribution in [1.29, 1.82) is 0 Å². The maximum Gasteiger partial charge on any atom is 0.322 e. The van der Waals surface area contributed by atoms with E-state index in [-0.39, 0.29) is 18.0 Å². The molecule has 0 aromatic heterocycles. The van der Waals surface area contributed by atoms with E-state index >= 15 is 0 Å². The highest BCUT2D eigenvalue weighted by Crippen LogP contribution is 2.27. The first-order valence-electron chi connectivity index (χ1n) is 7.72. The van der Waals surface area contributed by atoms with Gasteiger partial charge in [0.25, 0.3) is 0 Å². The first kappa shape index (κ1) is 16.7. The average Bonchev–Trinajstić information content (AvgIpc) is 2.59. The number of carbonyl (C=O) groups excluding carboxylic acids is 1. The molecule has 1 heterocycles. The number of para-hydroxylation sites is 1. The Labute approximate surface area is 145 Å². The number of rotatable bonds is 2. The van der Waals surface area contributed by atoms with Gasteiger partial charge in [0.15, 0.2) is 0 Å². The highest BCUT2D eigenvalue weighted by molar-refractivity contribution is 6.33. The molecule has 0 aliphatic carbocycles. The molecule has 1 atom stereocenters. The summed E-state index contributed by atoms with van der Waals surface area (Å²) in [6.07, 6.45) is -0.266. The van der Waals surface area contributed by atoms with Crippen molar-refractivity contribution in [2.75, 3.05) is 25.0 Å². The summed E-state index contributed by atoms with van der Waals surface area (Å²) in [6, 6.07) is 11.4. The zero-order valence-corrected chi connectivity index (χ0v) is 14.0. The van der Waals surface area contributed by atoms with Crippen molar-refractivity contribution in [3.05, 3.63) is 64.4 Å². The molecule has 0 spiro atoms. The molecule has 2 aromatic carbocycles. The van der Waals surface area contributed by atoms with Crippen LogP contribution in [0.25, 0.3) is 0 Å². The second kappa shape index (κ2) is 7.20. The van der Waals surface area contributed by atoms with Crippen LogP contribution in [0.3, 0.4) is 0 Å². The largest absolute Gasteiger partial charge is 0.370 e. The van der Waals surface area contributed by atoms with E-state index in [1.165, 1.54) is 12.1 Å². The molecule has 2 aromatic rings. The summed E-state index contributed by atoms with van der Waals surface area (Å²) in [5.41, 5.74) is 2.37. The van der Waals surface area contributed by atoms with E-state index in [1.807, 2.05) is 19.1 Å². The van der Waals surface area contributed by atoms with Gasteiger partial charge in [0.2, 0.25) is 0 Å². The molecule has 0 saturated carbocycles. The lowest BCUT2D eigenvalue weighted by molar-refractivity contribution is -0.0135. The summed E-state index contributed by atoms with van der Waals surface area (Å²) in [7, 11) is 0. The van der Waals surface area contributed by atoms with Crippen LogP contribution in [0.15, 0.2) is 42.5 Å². The summed E-state index contributed by atoms with van der Waals surface area (Å²) in [5.74, 6) is -0.293. The van der Waals surface area contributed by atoms with Crippen LogP contribution < -0.4 is 5.32 Å². The van der Waals surface area contributed by atoms with Gasteiger partial charge in [-0.3, -0.25) is 0 Å². The molecule has 1 N–H and O–H groups in total. The molecule has 1 aliphatic heterocycles. The van der Waals surface area contributed by atoms with Crippen molar-refractivity contribution in [2.45, 2.75) is 13.0 Å². The SMILES string of the molecule is Cc1cccc(Cl)c1NC(=O)N1CCOC(c2ccc(F)cc2)C1. The van der Waals surface area contributed by atoms with E-state index in [9.17, 15) is 9.18 Å². The Morgan fingerprint density at radius 1 is 1.29 bits per heavy atom. The average molecular weight is 349 g/mol. The molecule has 3 rings (SSSR count). The summed E-state index contributed by atoms with van der Waals surface area (Å²) in [4.78, 5) is 14.2. The standard InChI is InChI=1S/C18H18ClFN2O2/c1-12-3-2-4-15(19)17(12)21-18(23)22-9-10-24-16(11-22)13-5-7-14(20)8-6-13/h2-8,16H,9-11H2,1H3,(H,21,23). The number of hydrogen-bond donors (Lipinski definition) is 1. The monoisotopic (exact) mass is 348 g/mol. The van der Waals surface area contributed by atoms with Crippen molar-refractivity contribution < 1.29 is 13.9 Å². The fourth-order valence-electron chi connectivity index (χ4n) is 2.69. The zero-order valence-electron chi connectivity index (χ0n) is 13.3. The van der Waals surface area contributed by atoms with Gasteiger partial charge in [0, 0.05) is 6.54 Å². The highest BCUT2D eigenvalue weighted by Gasteiger charge is 2.26. The van der Waals surface area contributed by atoms with Crippen LogP contribution in [0.5, 0.6) is 0 Å². The summed E-state index contributed by atoms with van der Waals surface area (Å²) < 4.78 is 18.8. The van der Waals surface area contributed by atoms with Crippen molar-refractivity contribution in [3.8, 4) is 0 Å². The maximum absolute atomic E-state index is 13.0. The fraction of sp³-hybridized carbons (Fsp3) is 0.278. The van der Waals surface area contributed by atoms with Crippen LogP contribution >= 0.6 is 11.6 Å². The first-order valence-corrected chi connectivity index (χ1v) is 8.10. The third-order valence-electron chi connectivity index (χ3n) is 4.05. The Morgan fingerprint density at radius 3 is 2.75 bits per heavy atom. The van der Waals surface area contributed by atoms with E-state index in [4.69, 9.17) is 16.3 Å². The second-order valence-corrected chi connectivity index (χ2v) is 6.13. The Balaban J connectivity index is 1.70. The lowest BCUT2D eigenvalue weighted by Crippen LogP contribution is -2.44. The molecule has 1 aliphatic rings. The van der Waals surface area contributed by atoms with Crippen LogP contribution in [-0.4, -0.2) is 30.6 Å². The number of nitrogens with zero attached hydrogens (tertiary/aromatic N) is 1. The molecular weight excluding hydrogens is 331 g/mol. The highest BCUT2D eigenvalue weighted by atomic mass is 35.5. The van der Waals surface area contributed by atoms with Crippen LogP contribution in [0.2, 0.25) is 5.02 Å². The number of carbonyl (C=O) groups is 1. The van der Waals surface area contributed by atoms with E-state index in [0.29, 0.717) is 30.4 Å². The molecule has 126 valence electrons. The summed E-state index contributed by atoms with van der Waals surface area (Å²) in [6.45, 7) is 3.22. The van der Waals surface area contributed by atoms with Crippen molar-refractivity contribution in [3.63, 3.8) is 0 Å². The third kappa shape index (κ3) is 3.68. The van der Waals surface area contributed by atoms with Gasteiger partial charge in [0.1, 0.15) is 11.9 Å². The number of benzene rings is 2. The fourth-order valence-corrected chi connectivity index (χ4v) is 2.96. The van der Waals surface area contributed by atoms with E-state index in [0.717, 1.165) is 11.1 Å². The van der Waals surface area contributed by atoms with E-state index in [1.54, 1.807) is 23.1 Å². The Bertz CT molecular complexity index is 716. The Hall–Kier alpha value is -2.11. The van der Waals surface area contributed by atoms with Gasteiger partial charge in [-0.1, -0.05) is 35.9 Å². The number of halogens is 2. The molecule has 0 radical (unpaired) electrons. The second-order valence-electron chi connectivity index (χ2n) is 5.72. The van der Waals surface area contributed by atoms with Crippen LogP contribution in [0.1, 0.15) is 17.2 Å². The van der Waals surface area contributed by atoms with Gasteiger partial charge < -0.3 is 15.0 Å². The molecule has 1 fully saturated rings. The zero-order chi connectivity index (χ0) is 17.1. The van der Waals surface area contributed by atoms with Gasteiger partial charge in [-0.2, -0.15) is 0 Å². The van der Waals surface area contributed by atoms with Gasteiger partial charge in [0.05, 0.1) is 23.9 Å². The Kier molecular flexibility index (Phi) is 5.02. The van der Waals surface area contributed by atoms with E-state index in [2.05, 4.69) is 5.32 Å². The predicted octanol–water partition coefficient (Wildman–Crippen LogP) is 4.39. The minimum atomic E-state index is -0.293. The number of nitrogens with one attached hydrogen (secondary N) is 1. The lowest BCUT2D eigenvalue weighted by Gasteiger charge is -2.33. The van der Waals surface area contributed by atoms with Crippen molar-refractivity contribution in [1.82, 2.24) is 4.90 Å². The molecule has 4 nitrogen and oxygen atoms in total. The number of morpholine rings is 1. The number of anilines is 1. The molecule has 24 heavy (non-hydrogen) atoms. The number of amides is 2. The molecule has 1 saturated heterocycles. The topological polar surface area (TPSA) is 41.6 Å².